The number of nitrogens with zero attached hydrogens (tertiary/aromatic N) is 17. The Hall–Kier alpha value is -15.9. The second kappa shape index (κ2) is 40.4. The van der Waals surface area contributed by atoms with Gasteiger partial charge in [-0.1, -0.05) is 24.3 Å². The fourth-order valence-electron chi connectivity index (χ4n) is 16.5. The van der Waals surface area contributed by atoms with Crippen molar-refractivity contribution in [3.63, 3.8) is 0 Å². The Morgan fingerprint density at radius 3 is 1.26 bits per heavy atom. The van der Waals surface area contributed by atoms with Crippen molar-refractivity contribution in [3.8, 4) is 89.5 Å². The SMILES string of the molecule is Cc1cc(-c2ncccc2-c2ccc3ncc(C(=O)NCCCn4ccnc4)n3c2)ccc1F.Cc1cc(-c2ncccc2-c2ccc3ncc(C(=O)Nc4ccncc4)n3c2)ccc1F.Cc1cc(-c2ncccc2-c2ccn3ncc(C(=O)NC4CCN(C)CC4)c3c2)ccc1F.Cc1cc(-c2ncccc2-c2ccn3ncc(C(=O)NCC4CCN(C)CC4)c3c2)ccc1F. The number of hydrogen-bond acceptors (Lipinski definition) is 16. The number of carbonyl (C=O) groups excluding carboxylic acids is 4. The highest BCUT2D eigenvalue weighted by Crippen LogP contribution is 2.38. The van der Waals surface area contributed by atoms with E-state index < -0.39 is 0 Å². The number of carbonyl (C=O) groups is 4. The summed E-state index contributed by atoms with van der Waals surface area (Å²) < 4.78 is 64.2. The molecule has 20 rings (SSSR count). The van der Waals surface area contributed by atoms with Crippen LogP contribution in [0.1, 0.15) is 96.1 Å². The average Bonchev–Trinajstić information content (AvgIpc) is 1.62. The molecular formula is C104H95F4N21O4. The van der Waals surface area contributed by atoms with Gasteiger partial charge in [-0.15, -0.1) is 0 Å². The molecule has 0 aliphatic carbocycles. The zero-order chi connectivity index (χ0) is 92.2. The summed E-state index contributed by atoms with van der Waals surface area (Å²) in [5, 5.41) is 20.9. The third-order valence-electron chi connectivity index (χ3n) is 24.0. The molecule has 0 unspecified atom stereocenters. The molecule has 25 nitrogen and oxygen atoms in total. The molecule has 4 N–H and O–H groups in total. The Labute approximate surface area is 764 Å². The van der Waals surface area contributed by atoms with Crippen LogP contribution in [0, 0.1) is 56.9 Å². The van der Waals surface area contributed by atoms with E-state index in [4.69, 9.17) is 0 Å². The molecule has 0 atom stereocenters. The van der Waals surface area contributed by atoms with Crippen molar-refractivity contribution in [2.24, 2.45) is 5.92 Å². The topological polar surface area (TPSA) is 274 Å². The van der Waals surface area contributed by atoms with Crippen LogP contribution in [0.15, 0.2) is 287 Å². The summed E-state index contributed by atoms with van der Waals surface area (Å²) in [5.74, 6) is -1.14. The van der Waals surface area contributed by atoms with Crippen molar-refractivity contribution < 1.29 is 36.7 Å². The minimum atomic E-state index is -0.276. The quantitative estimate of drug-likeness (QED) is 0.0408. The molecular weight excluding hydrogens is 1680 g/mol. The Morgan fingerprint density at radius 2 is 0.820 bits per heavy atom. The van der Waals surface area contributed by atoms with Crippen LogP contribution in [0.2, 0.25) is 0 Å². The highest BCUT2D eigenvalue weighted by atomic mass is 19.1. The van der Waals surface area contributed by atoms with Crippen LogP contribution < -0.4 is 21.3 Å². The Balaban J connectivity index is 0.000000124. The van der Waals surface area contributed by atoms with Gasteiger partial charge < -0.3 is 35.6 Å². The lowest BCUT2D eigenvalue weighted by atomic mass is 9.97. The minimum absolute atomic E-state index is 0.0997. The number of piperidine rings is 2. The van der Waals surface area contributed by atoms with Gasteiger partial charge in [0.15, 0.2) is 0 Å². The van der Waals surface area contributed by atoms with Crippen molar-refractivity contribution in [3.05, 3.63) is 356 Å². The molecule has 16 heterocycles. The van der Waals surface area contributed by atoms with Gasteiger partial charge in [-0.2, -0.15) is 10.2 Å². The number of imidazole rings is 3. The monoisotopic (exact) mass is 1780 g/mol. The number of likely N-dealkylation sites (tertiary alicyclic amines) is 2. The molecule has 2 saturated heterocycles. The van der Waals surface area contributed by atoms with Crippen molar-refractivity contribution >= 4 is 51.6 Å². The smallest absolute Gasteiger partial charge is 0.274 e. The molecule has 29 heteroatoms. The maximum absolute atomic E-state index is 13.8. The van der Waals surface area contributed by atoms with Crippen LogP contribution in [-0.2, 0) is 6.54 Å². The van der Waals surface area contributed by atoms with Crippen LogP contribution in [0.25, 0.3) is 112 Å². The summed E-state index contributed by atoms with van der Waals surface area (Å²) >= 11 is 0. The van der Waals surface area contributed by atoms with Gasteiger partial charge in [0.1, 0.15) is 46.0 Å². The van der Waals surface area contributed by atoms with Gasteiger partial charge in [0.05, 0.1) is 76.1 Å². The minimum Gasteiger partial charge on any atom is -0.352 e. The first-order valence-corrected chi connectivity index (χ1v) is 43.9. The Kier molecular flexibility index (Phi) is 27.1. The number of aromatic nitrogens is 15. The normalized spacial score (nSPS) is 13.1. The number of aryl methyl sites for hydroxylation is 5. The van der Waals surface area contributed by atoms with Gasteiger partial charge in [-0.05, 0) is 297 Å². The number of pyridine rings is 9. The van der Waals surface area contributed by atoms with Gasteiger partial charge in [0, 0.05) is 161 Å². The fraction of sp³-hybridized carbons (Fsp3) is 0.192. The first-order chi connectivity index (χ1) is 64.7. The third-order valence-corrected chi connectivity index (χ3v) is 24.0. The van der Waals surface area contributed by atoms with Gasteiger partial charge in [0.25, 0.3) is 23.6 Å². The second-order valence-corrected chi connectivity index (χ2v) is 33.2. The Bertz CT molecular complexity index is 7280. The van der Waals surface area contributed by atoms with E-state index in [1.54, 1.807) is 181 Å². The maximum Gasteiger partial charge on any atom is 0.274 e. The van der Waals surface area contributed by atoms with Crippen LogP contribution in [0.3, 0.4) is 0 Å². The van der Waals surface area contributed by atoms with E-state index in [2.05, 4.69) is 95.2 Å². The maximum atomic E-state index is 13.8. The number of benzene rings is 4. The number of amides is 4. The summed E-state index contributed by atoms with van der Waals surface area (Å²) in [6, 6.07) is 54.4. The van der Waals surface area contributed by atoms with Crippen molar-refractivity contribution in [1.82, 2.24) is 98.2 Å². The molecule has 0 saturated carbocycles. The number of halogens is 4. The van der Waals surface area contributed by atoms with E-state index in [0.717, 1.165) is 165 Å². The number of nitrogens with one attached hydrogen (secondary N) is 4. The summed E-state index contributed by atoms with van der Waals surface area (Å²) in [4.78, 5) is 91.3. The van der Waals surface area contributed by atoms with E-state index in [-0.39, 0.29) is 52.9 Å². The lowest BCUT2D eigenvalue weighted by Gasteiger charge is -2.29. The molecule has 4 amide bonds. The predicted molar refractivity (Wildman–Crippen MR) is 506 cm³/mol. The summed E-state index contributed by atoms with van der Waals surface area (Å²) in [7, 11) is 4.24. The van der Waals surface area contributed by atoms with Crippen LogP contribution in [0.4, 0.5) is 23.2 Å². The fourth-order valence-corrected chi connectivity index (χ4v) is 16.5. The molecule has 2 fully saturated rings. The van der Waals surface area contributed by atoms with E-state index in [1.807, 2.05) is 133 Å². The molecule has 2 aliphatic rings. The second-order valence-electron chi connectivity index (χ2n) is 33.2. The molecule has 133 heavy (non-hydrogen) atoms. The van der Waals surface area contributed by atoms with Gasteiger partial charge >= 0.3 is 0 Å². The number of anilines is 1. The number of rotatable bonds is 20. The Morgan fingerprint density at radius 1 is 0.398 bits per heavy atom. The number of fused-ring (bicyclic) bond motifs is 4. The van der Waals surface area contributed by atoms with E-state index in [0.29, 0.717) is 80.8 Å². The van der Waals surface area contributed by atoms with Crippen molar-refractivity contribution in [2.45, 2.75) is 72.4 Å². The van der Waals surface area contributed by atoms with E-state index >= 15 is 0 Å². The largest absolute Gasteiger partial charge is 0.352 e. The van der Waals surface area contributed by atoms with Crippen LogP contribution in [-0.4, -0.2) is 165 Å². The first-order valence-electron chi connectivity index (χ1n) is 43.9. The highest BCUT2D eigenvalue weighted by molar-refractivity contribution is 6.04. The lowest BCUT2D eigenvalue weighted by Crippen LogP contribution is -2.43. The molecule has 668 valence electrons. The third kappa shape index (κ3) is 20.6. The zero-order valence-electron chi connectivity index (χ0n) is 74.0. The molecule has 0 radical (unpaired) electrons. The molecule has 0 spiro atoms. The van der Waals surface area contributed by atoms with Crippen molar-refractivity contribution in [2.75, 3.05) is 58.7 Å². The van der Waals surface area contributed by atoms with Crippen LogP contribution in [0.5, 0.6) is 0 Å². The van der Waals surface area contributed by atoms with Crippen molar-refractivity contribution in [1.29, 1.82) is 0 Å². The van der Waals surface area contributed by atoms with Gasteiger partial charge in [-0.3, -0.25) is 52.9 Å². The predicted octanol–water partition coefficient (Wildman–Crippen LogP) is 18.6. The highest BCUT2D eigenvalue weighted by Gasteiger charge is 2.26. The molecule has 18 aromatic rings. The molecule has 0 bridgehead atoms. The molecule has 2 aliphatic heterocycles. The lowest BCUT2D eigenvalue weighted by molar-refractivity contribution is 0.0914. The molecule has 4 aromatic carbocycles. The van der Waals surface area contributed by atoms with E-state index in [1.165, 1.54) is 24.3 Å². The zero-order valence-corrected chi connectivity index (χ0v) is 74.0. The van der Waals surface area contributed by atoms with E-state index in [9.17, 15) is 36.7 Å². The van der Waals surface area contributed by atoms with Gasteiger partial charge in [0.2, 0.25) is 0 Å². The number of hydrogen-bond donors (Lipinski definition) is 4. The summed E-state index contributed by atoms with van der Waals surface area (Å²) in [6.45, 7) is 13.1. The summed E-state index contributed by atoms with van der Waals surface area (Å²) in [5.41, 5.74) is 21.2. The standard InChI is InChI=1S/C27H28FN5O.C26H23FN6O.C26H26FN5O.C25H18FN5O/c1-18-14-21(5-6-24(18)28)26-22(4-3-10-29-26)20-9-13-33-25(15-20)23(17-31-33)27(34)30-16-19-7-11-32(2)12-8-19;1-18-14-19(5-7-22(18)27)25-21(4-2-9-29-25)20-6-8-24-31-15-23(33(24)16-20)26(34)30-10-3-12-32-13-11-28-17-32;1-17-14-19(5-6-23(17)27)25-21(4-3-10-28-25)18-7-13-32-24(15-18)22(16-29-32)26(33)30-20-8-11-31(2)12-9-20;1-16-13-17(4-6-21(16)26)24-20(3-2-10-28-24)18-5-7-23-29-14-22(31(23)15-18)25(32)30-19-8-11-27-12-9-19/h3-6,9-10,13-15,17,19H,7-8,11-12,16H2,1-2H3,(H,30,34);2,4-9,11,13-17H,3,10,12H2,1H3,(H,30,34);3-7,10,13-16,20H,8-9,11-12H2,1-2H3,(H,30,33);2-15H,1H3,(H,27,30,32). The summed E-state index contributed by atoms with van der Waals surface area (Å²) in [6.07, 6.45) is 34.2. The first kappa shape index (κ1) is 89.1. The average molecular weight is 1780 g/mol. The molecule has 14 aromatic heterocycles. The van der Waals surface area contributed by atoms with Gasteiger partial charge in [-0.25, -0.2) is 41.5 Å². The van der Waals surface area contributed by atoms with Crippen LogP contribution >= 0.6 is 0 Å².